The van der Waals surface area contributed by atoms with Crippen molar-refractivity contribution in [3.63, 3.8) is 0 Å². The molecule has 6 heteroatoms. The highest BCUT2D eigenvalue weighted by atomic mass is 16.3. The Bertz CT molecular complexity index is 982. The minimum Gasteiger partial charge on any atom is -0.465 e. The first kappa shape index (κ1) is 15.6. The van der Waals surface area contributed by atoms with Gasteiger partial charge in [0.2, 0.25) is 0 Å². The lowest BCUT2D eigenvalue weighted by Crippen LogP contribution is -2.36. The van der Waals surface area contributed by atoms with Crippen LogP contribution in [-0.2, 0) is 7.05 Å². The first-order valence-electron chi connectivity index (χ1n) is 8.35. The van der Waals surface area contributed by atoms with Crippen LogP contribution < -0.4 is 0 Å². The highest BCUT2D eigenvalue weighted by molar-refractivity contribution is 6.06. The number of rotatable bonds is 2. The molecule has 25 heavy (non-hydrogen) atoms. The lowest BCUT2D eigenvalue weighted by atomic mass is 9.98. The normalized spacial score (nSPS) is 15.2. The van der Waals surface area contributed by atoms with Gasteiger partial charge in [0.1, 0.15) is 5.76 Å². The van der Waals surface area contributed by atoms with Gasteiger partial charge in [-0.2, -0.15) is 5.10 Å². The summed E-state index contributed by atoms with van der Waals surface area (Å²) in [5, 5.41) is 5.05. The van der Waals surface area contributed by atoms with Crippen LogP contribution in [0.4, 0.5) is 0 Å². The number of amides is 1. The van der Waals surface area contributed by atoms with Crippen molar-refractivity contribution >= 4 is 22.5 Å². The minimum atomic E-state index is 0.0139. The topological polar surface area (TPSA) is 64.2 Å². The molecule has 0 saturated carbocycles. The molecule has 0 aromatic carbocycles. The van der Waals surface area contributed by atoms with Gasteiger partial charge in [0.25, 0.3) is 5.91 Å². The molecule has 0 aliphatic carbocycles. The summed E-state index contributed by atoms with van der Waals surface area (Å²) < 4.78 is 7.25. The molecular weight excluding hydrogens is 316 g/mol. The molecule has 1 aliphatic rings. The standard InChI is InChI=1S/C19H20N4O2/c1-12-6-7-23(11-16(12)17-5-4-8-25-17)19(24)14-9-13(2)21-18-15(14)10-20-22(18)3/h4-5,8-10H,6-7,11H2,1-3H3. The second kappa shape index (κ2) is 5.88. The Morgan fingerprint density at radius 3 is 2.92 bits per heavy atom. The SMILES string of the molecule is CC1=C(c2ccco2)CN(C(=O)c2cc(C)nc3c2cnn3C)CC1. The van der Waals surface area contributed by atoms with Crippen LogP contribution in [0.1, 0.15) is 35.2 Å². The lowest BCUT2D eigenvalue weighted by molar-refractivity contribution is 0.0774. The third-order valence-corrected chi connectivity index (χ3v) is 4.79. The maximum Gasteiger partial charge on any atom is 0.255 e. The fourth-order valence-electron chi connectivity index (χ4n) is 3.36. The molecule has 0 unspecified atom stereocenters. The summed E-state index contributed by atoms with van der Waals surface area (Å²) in [5.41, 5.74) is 4.58. The Labute approximate surface area is 145 Å². The van der Waals surface area contributed by atoms with E-state index in [4.69, 9.17) is 4.42 Å². The first-order chi connectivity index (χ1) is 12.0. The molecule has 0 N–H and O–H groups in total. The van der Waals surface area contributed by atoms with Gasteiger partial charge >= 0.3 is 0 Å². The molecule has 1 aliphatic heterocycles. The van der Waals surface area contributed by atoms with Crippen molar-refractivity contribution < 1.29 is 9.21 Å². The first-order valence-corrected chi connectivity index (χ1v) is 8.35. The summed E-state index contributed by atoms with van der Waals surface area (Å²) in [4.78, 5) is 19.6. The van der Waals surface area contributed by atoms with Crippen molar-refractivity contribution in [2.24, 2.45) is 7.05 Å². The number of hydrogen-bond donors (Lipinski definition) is 0. The summed E-state index contributed by atoms with van der Waals surface area (Å²) >= 11 is 0. The van der Waals surface area contributed by atoms with Gasteiger partial charge in [0.15, 0.2) is 5.65 Å². The predicted molar refractivity (Wildman–Crippen MR) is 95.1 cm³/mol. The average molecular weight is 336 g/mol. The van der Waals surface area contributed by atoms with E-state index >= 15 is 0 Å². The Kier molecular flexibility index (Phi) is 3.67. The Morgan fingerprint density at radius 2 is 2.16 bits per heavy atom. The second-order valence-electron chi connectivity index (χ2n) is 6.53. The number of aryl methyl sites for hydroxylation is 2. The molecule has 128 valence electrons. The van der Waals surface area contributed by atoms with E-state index in [2.05, 4.69) is 17.0 Å². The molecule has 3 aromatic heterocycles. The van der Waals surface area contributed by atoms with Crippen LogP contribution >= 0.6 is 0 Å². The number of pyridine rings is 1. The van der Waals surface area contributed by atoms with E-state index in [1.807, 2.05) is 37.1 Å². The van der Waals surface area contributed by atoms with Crippen LogP contribution in [0.25, 0.3) is 16.6 Å². The number of carbonyl (C=O) groups is 1. The molecule has 4 heterocycles. The molecular formula is C19H20N4O2. The fraction of sp³-hybridized carbons (Fsp3) is 0.316. The van der Waals surface area contributed by atoms with Gasteiger partial charge in [-0.05, 0) is 38.5 Å². The van der Waals surface area contributed by atoms with E-state index in [0.717, 1.165) is 34.5 Å². The van der Waals surface area contributed by atoms with Crippen molar-refractivity contribution in [2.45, 2.75) is 20.3 Å². The van der Waals surface area contributed by atoms with Crippen LogP contribution in [0.15, 0.2) is 40.6 Å². The largest absolute Gasteiger partial charge is 0.465 e. The average Bonchev–Trinajstić information content (AvgIpc) is 3.25. The van der Waals surface area contributed by atoms with E-state index in [-0.39, 0.29) is 5.91 Å². The van der Waals surface area contributed by atoms with E-state index in [0.29, 0.717) is 18.7 Å². The molecule has 0 fully saturated rings. The molecule has 3 aromatic rings. The number of carbonyl (C=O) groups excluding carboxylic acids is 1. The quantitative estimate of drug-likeness (QED) is 0.721. The van der Waals surface area contributed by atoms with Crippen LogP contribution in [0.2, 0.25) is 0 Å². The van der Waals surface area contributed by atoms with E-state index in [1.54, 1.807) is 17.1 Å². The van der Waals surface area contributed by atoms with Crippen molar-refractivity contribution in [1.82, 2.24) is 19.7 Å². The van der Waals surface area contributed by atoms with Gasteiger partial charge in [0, 0.05) is 31.4 Å². The molecule has 0 atom stereocenters. The number of hydrogen-bond acceptors (Lipinski definition) is 4. The molecule has 0 saturated heterocycles. The van der Waals surface area contributed by atoms with Crippen molar-refractivity contribution in [3.8, 4) is 0 Å². The fourth-order valence-corrected chi connectivity index (χ4v) is 3.36. The Hall–Kier alpha value is -2.89. The summed E-state index contributed by atoms with van der Waals surface area (Å²) in [6.07, 6.45) is 4.23. The zero-order chi connectivity index (χ0) is 17.6. The maximum atomic E-state index is 13.2. The van der Waals surface area contributed by atoms with Gasteiger partial charge in [-0.3, -0.25) is 9.48 Å². The summed E-state index contributed by atoms with van der Waals surface area (Å²) in [6.45, 7) is 5.27. The predicted octanol–water partition coefficient (Wildman–Crippen LogP) is 3.19. The van der Waals surface area contributed by atoms with Gasteiger partial charge in [-0.1, -0.05) is 5.57 Å². The van der Waals surface area contributed by atoms with E-state index in [9.17, 15) is 4.79 Å². The molecule has 0 bridgehead atoms. The van der Waals surface area contributed by atoms with Gasteiger partial charge in [-0.15, -0.1) is 0 Å². The zero-order valence-electron chi connectivity index (χ0n) is 14.6. The maximum absolute atomic E-state index is 13.2. The van der Waals surface area contributed by atoms with Crippen molar-refractivity contribution in [2.75, 3.05) is 13.1 Å². The third kappa shape index (κ3) is 2.63. The zero-order valence-corrected chi connectivity index (χ0v) is 14.6. The Balaban J connectivity index is 1.71. The smallest absolute Gasteiger partial charge is 0.255 e. The van der Waals surface area contributed by atoms with Crippen LogP contribution in [-0.4, -0.2) is 38.7 Å². The number of furan rings is 1. The van der Waals surface area contributed by atoms with E-state index in [1.165, 1.54) is 5.57 Å². The molecule has 1 amide bonds. The van der Waals surface area contributed by atoms with Crippen LogP contribution in [0.5, 0.6) is 0 Å². The van der Waals surface area contributed by atoms with Crippen LogP contribution in [0.3, 0.4) is 0 Å². The third-order valence-electron chi connectivity index (χ3n) is 4.79. The highest BCUT2D eigenvalue weighted by Gasteiger charge is 2.26. The van der Waals surface area contributed by atoms with Crippen molar-refractivity contribution in [1.29, 1.82) is 0 Å². The molecule has 6 nitrogen and oxygen atoms in total. The van der Waals surface area contributed by atoms with Gasteiger partial charge in [-0.25, -0.2) is 4.98 Å². The van der Waals surface area contributed by atoms with Gasteiger partial charge in [0.05, 0.1) is 23.4 Å². The van der Waals surface area contributed by atoms with Gasteiger partial charge < -0.3 is 9.32 Å². The summed E-state index contributed by atoms with van der Waals surface area (Å²) in [6, 6.07) is 5.68. The summed E-state index contributed by atoms with van der Waals surface area (Å²) in [7, 11) is 1.84. The lowest BCUT2D eigenvalue weighted by Gasteiger charge is -2.29. The second-order valence-corrected chi connectivity index (χ2v) is 6.53. The molecule has 0 radical (unpaired) electrons. The van der Waals surface area contributed by atoms with Crippen LogP contribution in [0, 0.1) is 6.92 Å². The van der Waals surface area contributed by atoms with E-state index < -0.39 is 0 Å². The number of aromatic nitrogens is 3. The monoisotopic (exact) mass is 336 g/mol. The Morgan fingerprint density at radius 1 is 1.32 bits per heavy atom. The highest BCUT2D eigenvalue weighted by Crippen LogP contribution is 2.28. The van der Waals surface area contributed by atoms with Crippen molar-refractivity contribution in [3.05, 3.63) is 53.2 Å². The summed E-state index contributed by atoms with van der Waals surface area (Å²) in [5.74, 6) is 0.854. The minimum absolute atomic E-state index is 0.0139. The molecule has 4 rings (SSSR count). The number of nitrogens with zero attached hydrogens (tertiary/aromatic N) is 4. The molecule has 0 spiro atoms. The number of fused-ring (bicyclic) bond motifs is 1.